The second-order valence-corrected chi connectivity index (χ2v) is 6.43. The average molecular weight is 243 g/mol. The molecule has 2 atom stereocenters. The van der Waals surface area contributed by atoms with E-state index in [2.05, 4.69) is 43.3 Å². The Morgan fingerprint density at radius 2 is 1.67 bits per heavy atom. The van der Waals surface area contributed by atoms with E-state index in [9.17, 15) is 0 Å². The topological polar surface area (TPSA) is 3.24 Å². The summed E-state index contributed by atoms with van der Waals surface area (Å²) < 4.78 is 0. The first-order valence-corrected chi connectivity index (χ1v) is 7.50. The zero-order chi connectivity index (χ0) is 12.5. The van der Waals surface area contributed by atoms with E-state index in [-0.39, 0.29) is 0 Å². The van der Waals surface area contributed by atoms with Crippen molar-refractivity contribution >= 4 is 0 Å². The Labute approximate surface area is 111 Å². The molecule has 1 aromatic rings. The highest BCUT2D eigenvalue weighted by atomic mass is 15.1. The molecule has 0 aliphatic heterocycles. The van der Waals surface area contributed by atoms with Crippen LogP contribution in [0.15, 0.2) is 24.3 Å². The number of hydrogen-bond donors (Lipinski definition) is 0. The van der Waals surface area contributed by atoms with Crippen LogP contribution >= 0.6 is 0 Å². The lowest BCUT2D eigenvalue weighted by Crippen LogP contribution is -2.32. The van der Waals surface area contributed by atoms with Gasteiger partial charge in [-0.1, -0.05) is 30.7 Å². The fourth-order valence-corrected chi connectivity index (χ4v) is 3.42. The Kier molecular flexibility index (Phi) is 3.43. The van der Waals surface area contributed by atoms with Crippen molar-refractivity contribution in [1.82, 2.24) is 4.90 Å². The molecular formula is C17H25N. The van der Waals surface area contributed by atoms with Gasteiger partial charge in [0.25, 0.3) is 0 Å². The lowest BCUT2D eigenvalue weighted by Gasteiger charge is -2.33. The average Bonchev–Trinajstić information content (AvgIpc) is 3.23. The van der Waals surface area contributed by atoms with E-state index >= 15 is 0 Å². The fourth-order valence-electron chi connectivity index (χ4n) is 3.42. The standard InChI is InChI=1S/C17H25N/c1-18(2)17-8-4-7-16(12-17)15-6-3-5-14(11-15)13-9-10-13/h3,5-6,11,13,16-17H,4,7-10,12H2,1-2H3/t16?,17-/m1/s1. The molecule has 1 aromatic carbocycles. The fraction of sp³-hybridized carbons (Fsp3) is 0.647. The van der Waals surface area contributed by atoms with Gasteiger partial charge < -0.3 is 4.90 Å². The van der Waals surface area contributed by atoms with Gasteiger partial charge in [0.1, 0.15) is 0 Å². The Hall–Kier alpha value is -0.820. The van der Waals surface area contributed by atoms with Gasteiger partial charge in [-0.05, 0) is 69.2 Å². The molecule has 0 N–H and O–H groups in total. The minimum atomic E-state index is 0.785. The van der Waals surface area contributed by atoms with E-state index in [0.717, 1.165) is 17.9 Å². The van der Waals surface area contributed by atoms with Crippen LogP contribution in [0, 0.1) is 0 Å². The quantitative estimate of drug-likeness (QED) is 0.771. The van der Waals surface area contributed by atoms with Crippen molar-refractivity contribution in [2.75, 3.05) is 14.1 Å². The Balaban J connectivity index is 1.74. The third-order valence-electron chi connectivity index (χ3n) is 4.81. The molecule has 1 heteroatoms. The monoisotopic (exact) mass is 243 g/mol. The largest absolute Gasteiger partial charge is 0.306 e. The highest BCUT2D eigenvalue weighted by molar-refractivity contribution is 5.31. The van der Waals surface area contributed by atoms with Gasteiger partial charge in [0.15, 0.2) is 0 Å². The second-order valence-electron chi connectivity index (χ2n) is 6.43. The molecule has 0 heterocycles. The summed E-state index contributed by atoms with van der Waals surface area (Å²) in [7, 11) is 4.46. The maximum absolute atomic E-state index is 2.50. The van der Waals surface area contributed by atoms with E-state index < -0.39 is 0 Å². The molecule has 18 heavy (non-hydrogen) atoms. The van der Waals surface area contributed by atoms with E-state index in [4.69, 9.17) is 0 Å². The van der Waals surface area contributed by atoms with Gasteiger partial charge in [-0.25, -0.2) is 0 Å². The normalized spacial score (nSPS) is 28.6. The Morgan fingerprint density at radius 3 is 2.33 bits per heavy atom. The molecule has 0 radical (unpaired) electrons. The van der Waals surface area contributed by atoms with Crippen molar-refractivity contribution in [3.8, 4) is 0 Å². The molecule has 3 rings (SSSR count). The van der Waals surface area contributed by atoms with Crippen molar-refractivity contribution in [2.45, 2.75) is 56.4 Å². The van der Waals surface area contributed by atoms with Crippen LogP contribution in [0.2, 0.25) is 0 Å². The van der Waals surface area contributed by atoms with E-state index in [0.29, 0.717) is 0 Å². The van der Waals surface area contributed by atoms with E-state index in [1.165, 1.54) is 38.5 Å². The molecule has 0 bridgehead atoms. The lowest BCUT2D eigenvalue weighted by molar-refractivity contribution is 0.213. The highest BCUT2D eigenvalue weighted by Gasteiger charge is 2.27. The molecule has 0 saturated heterocycles. The molecule has 2 aliphatic carbocycles. The van der Waals surface area contributed by atoms with Crippen molar-refractivity contribution < 1.29 is 0 Å². The van der Waals surface area contributed by atoms with Crippen molar-refractivity contribution in [3.05, 3.63) is 35.4 Å². The molecule has 1 nitrogen and oxygen atoms in total. The van der Waals surface area contributed by atoms with Crippen LogP contribution in [-0.4, -0.2) is 25.0 Å². The lowest BCUT2D eigenvalue weighted by atomic mass is 9.80. The molecule has 2 saturated carbocycles. The van der Waals surface area contributed by atoms with Crippen LogP contribution in [0.3, 0.4) is 0 Å². The van der Waals surface area contributed by atoms with Crippen LogP contribution in [0.4, 0.5) is 0 Å². The van der Waals surface area contributed by atoms with Crippen molar-refractivity contribution in [2.24, 2.45) is 0 Å². The van der Waals surface area contributed by atoms with E-state index in [1.807, 2.05) is 0 Å². The van der Waals surface area contributed by atoms with Gasteiger partial charge in [-0.3, -0.25) is 0 Å². The summed E-state index contributed by atoms with van der Waals surface area (Å²) in [5, 5.41) is 0. The number of nitrogens with zero attached hydrogens (tertiary/aromatic N) is 1. The van der Waals surface area contributed by atoms with Crippen molar-refractivity contribution in [3.63, 3.8) is 0 Å². The third kappa shape index (κ3) is 2.61. The van der Waals surface area contributed by atoms with Gasteiger partial charge in [0.2, 0.25) is 0 Å². The second kappa shape index (κ2) is 5.05. The predicted octanol–water partition coefficient (Wildman–Crippen LogP) is 4.15. The van der Waals surface area contributed by atoms with Crippen LogP contribution < -0.4 is 0 Å². The van der Waals surface area contributed by atoms with Gasteiger partial charge >= 0.3 is 0 Å². The van der Waals surface area contributed by atoms with Gasteiger partial charge in [0.05, 0.1) is 0 Å². The smallest absolute Gasteiger partial charge is 0.00949 e. The molecule has 0 aromatic heterocycles. The summed E-state index contributed by atoms with van der Waals surface area (Å²) >= 11 is 0. The summed E-state index contributed by atoms with van der Waals surface area (Å²) in [6.45, 7) is 0. The SMILES string of the molecule is CN(C)[C@@H]1CCCC(c2cccc(C3CC3)c2)C1. The van der Waals surface area contributed by atoms with Crippen LogP contribution in [-0.2, 0) is 0 Å². The minimum Gasteiger partial charge on any atom is -0.306 e. The molecule has 98 valence electrons. The van der Waals surface area contributed by atoms with Gasteiger partial charge in [-0.2, -0.15) is 0 Å². The zero-order valence-corrected chi connectivity index (χ0v) is 11.7. The molecule has 1 unspecified atom stereocenters. The Morgan fingerprint density at radius 1 is 0.944 bits per heavy atom. The zero-order valence-electron chi connectivity index (χ0n) is 11.7. The maximum atomic E-state index is 2.50. The highest BCUT2D eigenvalue weighted by Crippen LogP contribution is 2.42. The summed E-state index contributed by atoms with van der Waals surface area (Å²) in [4.78, 5) is 2.41. The van der Waals surface area contributed by atoms with E-state index in [1.54, 1.807) is 11.1 Å². The maximum Gasteiger partial charge on any atom is 0.00949 e. The van der Waals surface area contributed by atoms with Crippen molar-refractivity contribution in [1.29, 1.82) is 0 Å². The molecule has 0 amide bonds. The molecule has 2 fully saturated rings. The van der Waals surface area contributed by atoms with Gasteiger partial charge in [-0.15, -0.1) is 0 Å². The minimum absolute atomic E-state index is 0.785. The third-order valence-corrected chi connectivity index (χ3v) is 4.81. The summed E-state index contributed by atoms with van der Waals surface area (Å²) in [5.41, 5.74) is 3.20. The molecular weight excluding hydrogens is 218 g/mol. The predicted molar refractivity (Wildman–Crippen MR) is 77.1 cm³/mol. The molecule has 0 spiro atoms. The first kappa shape index (κ1) is 12.2. The number of hydrogen-bond acceptors (Lipinski definition) is 1. The van der Waals surface area contributed by atoms with Crippen LogP contribution in [0.5, 0.6) is 0 Å². The Bertz CT molecular complexity index is 406. The number of benzene rings is 1. The first-order chi connectivity index (χ1) is 8.74. The first-order valence-electron chi connectivity index (χ1n) is 7.50. The van der Waals surface area contributed by atoms with Crippen LogP contribution in [0.25, 0.3) is 0 Å². The summed E-state index contributed by atoms with van der Waals surface area (Å²) in [5.74, 6) is 1.68. The van der Waals surface area contributed by atoms with Gasteiger partial charge in [0, 0.05) is 6.04 Å². The van der Waals surface area contributed by atoms with Crippen LogP contribution in [0.1, 0.15) is 61.5 Å². The summed E-state index contributed by atoms with van der Waals surface area (Å²) in [6, 6.07) is 10.2. The number of rotatable bonds is 3. The summed E-state index contributed by atoms with van der Waals surface area (Å²) in [6.07, 6.45) is 8.33. The molecule has 2 aliphatic rings.